The Morgan fingerprint density at radius 3 is 2.54 bits per heavy atom. The van der Waals surface area contributed by atoms with Gasteiger partial charge in [0.15, 0.2) is 5.82 Å². The molecular formula is C19H21N5OS. The van der Waals surface area contributed by atoms with Gasteiger partial charge >= 0.3 is 0 Å². The molecule has 1 aliphatic heterocycles. The van der Waals surface area contributed by atoms with Crippen LogP contribution in [0.4, 0.5) is 5.95 Å². The molecule has 0 radical (unpaired) electrons. The second kappa shape index (κ2) is 6.92. The number of thiophene rings is 1. The maximum atomic E-state index is 12.5. The molecule has 4 rings (SSSR count). The van der Waals surface area contributed by atoms with Gasteiger partial charge in [-0.1, -0.05) is 24.3 Å². The average Bonchev–Trinajstić information content (AvgIpc) is 3.32. The third-order valence-electron chi connectivity index (χ3n) is 4.86. The Morgan fingerprint density at radius 2 is 1.85 bits per heavy atom. The van der Waals surface area contributed by atoms with E-state index in [-0.39, 0.29) is 5.91 Å². The highest BCUT2D eigenvalue weighted by Crippen LogP contribution is 2.25. The topological polar surface area (TPSA) is 54.3 Å². The number of benzene rings is 1. The molecule has 3 aromatic rings. The van der Waals surface area contributed by atoms with Crippen LogP contribution in [0.3, 0.4) is 0 Å². The van der Waals surface area contributed by atoms with Crippen molar-refractivity contribution in [3.05, 3.63) is 52.2 Å². The van der Waals surface area contributed by atoms with Gasteiger partial charge in [0.05, 0.1) is 5.56 Å². The standard InChI is InChI=1S/C19H21N5OS/c1-14-5-3-4-6-16(14)17-20-21-19(22(17)2)24-10-8-23(9-11-24)18(25)15-7-12-26-13-15/h3-7,12-13H,8-11H2,1-2H3. The maximum absolute atomic E-state index is 12.5. The summed E-state index contributed by atoms with van der Waals surface area (Å²) in [5, 5.41) is 12.7. The van der Waals surface area contributed by atoms with Crippen molar-refractivity contribution in [2.75, 3.05) is 31.1 Å². The normalized spacial score (nSPS) is 14.7. The number of anilines is 1. The summed E-state index contributed by atoms with van der Waals surface area (Å²) in [4.78, 5) is 16.6. The highest BCUT2D eigenvalue weighted by Gasteiger charge is 2.25. The van der Waals surface area contributed by atoms with E-state index in [0.29, 0.717) is 13.1 Å². The molecule has 1 aromatic carbocycles. The Kier molecular flexibility index (Phi) is 4.46. The van der Waals surface area contributed by atoms with E-state index in [0.717, 1.165) is 36.0 Å². The van der Waals surface area contributed by atoms with Crippen molar-refractivity contribution in [3.8, 4) is 11.4 Å². The van der Waals surface area contributed by atoms with Gasteiger partial charge < -0.3 is 9.80 Å². The summed E-state index contributed by atoms with van der Waals surface area (Å²) in [6, 6.07) is 10.1. The molecule has 6 nitrogen and oxygen atoms in total. The number of hydrogen-bond acceptors (Lipinski definition) is 5. The Bertz CT molecular complexity index is 910. The Balaban J connectivity index is 1.49. The van der Waals surface area contributed by atoms with Crippen LogP contribution in [-0.4, -0.2) is 51.8 Å². The first-order valence-corrected chi connectivity index (χ1v) is 9.61. The van der Waals surface area contributed by atoms with Gasteiger partial charge in [0.2, 0.25) is 5.95 Å². The lowest BCUT2D eigenvalue weighted by atomic mass is 10.1. The zero-order valence-corrected chi connectivity index (χ0v) is 15.7. The number of rotatable bonds is 3. The molecule has 7 heteroatoms. The first-order valence-electron chi connectivity index (χ1n) is 8.67. The first-order chi connectivity index (χ1) is 12.6. The predicted molar refractivity (Wildman–Crippen MR) is 104 cm³/mol. The fraction of sp³-hybridized carbons (Fsp3) is 0.316. The molecule has 0 unspecified atom stereocenters. The van der Waals surface area contributed by atoms with Gasteiger partial charge in [-0.05, 0) is 23.9 Å². The van der Waals surface area contributed by atoms with Crippen LogP contribution in [0.5, 0.6) is 0 Å². The smallest absolute Gasteiger partial charge is 0.254 e. The van der Waals surface area contributed by atoms with Gasteiger partial charge in [-0.2, -0.15) is 11.3 Å². The van der Waals surface area contributed by atoms with Crippen LogP contribution in [0.1, 0.15) is 15.9 Å². The van der Waals surface area contributed by atoms with E-state index in [1.165, 1.54) is 5.56 Å². The maximum Gasteiger partial charge on any atom is 0.254 e. The minimum atomic E-state index is 0.115. The molecule has 2 aromatic heterocycles. The van der Waals surface area contributed by atoms with E-state index in [1.54, 1.807) is 11.3 Å². The van der Waals surface area contributed by atoms with Crippen LogP contribution in [0, 0.1) is 6.92 Å². The van der Waals surface area contributed by atoms with Crippen LogP contribution >= 0.6 is 11.3 Å². The SMILES string of the molecule is Cc1ccccc1-c1nnc(N2CCN(C(=O)c3ccsc3)CC2)n1C. The van der Waals surface area contributed by atoms with Crippen molar-refractivity contribution in [2.24, 2.45) is 7.05 Å². The van der Waals surface area contributed by atoms with E-state index < -0.39 is 0 Å². The molecule has 0 atom stereocenters. The zero-order chi connectivity index (χ0) is 18.1. The number of hydrogen-bond donors (Lipinski definition) is 0. The quantitative estimate of drug-likeness (QED) is 0.714. The minimum Gasteiger partial charge on any atom is -0.337 e. The van der Waals surface area contributed by atoms with Crippen LogP contribution in [0.15, 0.2) is 41.1 Å². The summed E-state index contributed by atoms with van der Waals surface area (Å²) in [7, 11) is 2.00. The zero-order valence-electron chi connectivity index (χ0n) is 14.9. The van der Waals surface area contributed by atoms with Crippen LogP contribution < -0.4 is 4.90 Å². The van der Waals surface area contributed by atoms with Crippen molar-refractivity contribution in [3.63, 3.8) is 0 Å². The lowest BCUT2D eigenvalue weighted by Gasteiger charge is -2.34. The lowest BCUT2D eigenvalue weighted by molar-refractivity contribution is 0.0746. The molecule has 0 saturated carbocycles. The number of nitrogens with zero attached hydrogens (tertiary/aromatic N) is 5. The Labute approximate surface area is 156 Å². The molecule has 0 N–H and O–H groups in total. The first kappa shape index (κ1) is 16.8. The van der Waals surface area contributed by atoms with E-state index in [1.807, 2.05) is 45.5 Å². The summed E-state index contributed by atoms with van der Waals surface area (Å²) in [6.45, 7) is 4.99. The average molecular weight is 367 g/mol. The van der Waals surface area contributed by atoms with Crippen LogP contribution in [-0.2, 0) is 7.05 Å². The molecule has 0 bridgehead atoms. The van der Waals surface area contributed by atoms with E-state index in [9.17, 15) is 4.79 Å². The Morgan fingerprint density at radius 1 is 1.08 bits per heavy atom. The predicted octanol–water partition coefficient (Wildman–Crippen LogP) is 2.81. The molecule has 134 valence electrons. The van der Waals surface area contributed by atoms with Crippen LogP contribution in [0.25, 0.3) is 11.4 Å². The number of amides is 1. The van der Waals surface area contributed by atoms with Crippen molar-refractivity contribution in [1.82, 2.24) is 19.7 Å². The molecule has 0 aliphatic carbocycles. The second-order valence-corrected chi connectivity index (χ2v) is 7.27. The number of piperazine rings is 1. The molecule has 1 amide bonds. The summed E-state index contributed by atoms with van der Waals surface area (Å²) in [5.41, 5.74) is 3.06. The van der Waals surface area contributed by atoms with Gasteiger partial charge in [-0.15, -0.1) is 10.2 Å². The van der Waals surface area contributed by atoms with Crippen molar-refractivity contribution in [2.45, 2.75) is 6.92 Å². The lowest BCUT2D eigenvalue weighted by Crippen LogP contribution is -2.49. The molecular weight excluding hydrogens is 346 g/mol. The van der Waals surface area contributed by atoms with Gasteiger partial charge in [-0.3, -0.25) is 9.36 Å². The van der Waals surface area contributed by atoms with Crippen molar-refractivity contribution in [1.29, 1.82) is 0 Å². The third-order valence-corrected chi connectivity index (χ3v) is 5.54. The second-order valence-electron chi connectivity index (χ2n) is 6.49. The molecule has 1 fully saturated rings. The monoisotopic (exact) mass is 367 g/mol. The number of aryl methyl sites for hydroxylation is 1. The summed E-state index contributed by atoms with van der Waals surface area (Å²) < 4.78 is 2.04. The van der Waals surface area contributed by atoms with Gasteiger partial charge in [-0.25, -0.2) is 0 Å². The van der Waals surface area contributed by atoms with Crippen molar-refractivity contribution >= 4 is 23.2 Å². The van der Waals surface area contributed by atoms with Crippen molar-refractivity contribution < 1.29 is 4.79 Å². The summed E-state index contributed by atoms with van der Waals surface area (Å²) in [6.07, 6.45) is 0. The minimum absolute atomic E-state index is 0.115. The summed E-state index contributed by atoms with van der Waals surface area (Å²) >= 11 is 1.55. The van der Waals surface area contributed by atoms with Gasteiger partial charge in [0.25, 0.3) is 5.91 Å². The highest BCUT2D eigenvalue weighted by atomic mass is 32.1. The van der Waals surface area contributed by atoms with E-state index >= 15 is 0 Å². The fourth-order valence-corrected chi connectivity index (χ4v) is 3.96. The van der Waals surface area contributed by atoms with Gasteiger partial charge in [0, 0.05) is 44.2 Å². The van der Waals surface area contributed by atoms with Gasteiger partial charge in [0.1, 0.15) is 0 Å². The number of aromatic nitrogens is 3. The Hall–Kier alpha value is -2.67. The molecule has 3 heterocycles. The third kappa shape index (κ3) is 2.99. The largest absolute Gasteiger partial charge is 0.337 e. The number of carbonyl (C=O) groups excluding carboxylic acids is 1. The summed E-state index contributed by atoms with van der Waals surface area (Å²) in [5.74, 6) is 1.84. The molecule has 1 saturated heterocycles. The molecule has 1 aliphatic rings. The number of carbonyl (C=O) groups is 1. The van der Waals surface area contributed by atoms with Crippen LogP contribution in [0.2, 0.25) is 0 Å². The van der Waals surface area contributed by atoms with E-state index in [2.05, 4.69) is 34.2 Å². The van der Waals surface area contributed by atoms with E-state index in [4.69, 9.17) is 0 Å². The highest BCUT2D eigenvalue weighted by molar-refractivity contribution is 7.08. The molecule has 0 spiro atoms. The fourth-order valence-electron chi connectivity index (χ4n) is 3.33. The molecule has 26 heavy (non-hydrogen) atoms.